The van der Waals surface area contributed by atoms with Gasteiger partial charge < -0.3 is 20.8 Å². The maximum absolute atomic E-state index is 12.2. The van der Waals surface area contributed by atoms with Crippen LogP contribution >= 0.6 is 0 Å². The highest BCUT2D eigenvalue weighted by Crippen LogP contribution is 2.36. The molecule has 2 rings (SSSR count). The average molecular weight is 278 g/mol. The third-order valence-electron chi connectivity index (χ3n) is 3.24. The first-order valence-electron chi connectivity index (χ1n) is 6.02. The summed E-state index contributed by atoms with van der Waals surface area (Å²) in [4.78, 5) is 35.2. The van der Waals surface area contributed by atoms with E-state index in [1.165, 1.54) is 4.90 Å². The second kappa shape index (κ2) is 5.30. The van der Waals surface area contributed by atoms with Gasteiger partial charge in [-0.2, -0.15) is 0 Å². The van der Waals surface area contributed by atoms with Gasteiger partial charge in [0.25, 0.3) is 0 Å². The molecule has 1 aromatic rings. The van der Waals surface area contributed by atoms with Crippen LogP contribution in [0.5, 0.6) is 0 Å². The zero-order valence-electron chi connectivity index (χ0n) is 10.5. The summed E-state index contributed by atoms with van der Waals surface area (Å²) in [7, 11) is 0. The summed E-state index contributed by atoms with van der Waals surface area (Å²) in [6, 6.07) is 5.47. The quantitative estimate of drug-likeness (QED) is 0.713. The first-order valence-corrected chi connectivity index (χ1v) is 6.02. The predicted octanol–water partition coefficient (Wildman–Crippen LogP) is 0.00340. The molecule has 4 N–H and O–H groups in total. The Kier molecular flexibility index (Phi) is 3.71. The van der Waals surface area contributed by atoms with Crippen molar-refractivity contribution in [2.75, 3.05) is 11.4 Å². The summed E-state index contributed by atoms with van der Waals surface area (Å²) in [5.74, 6) is -3.59. The zero-order chi connectivity index (χ0) is 14.9. The number of aliphatic carboxylic acids is 2. The van der Waals surface area contributed by atoms with Crippen molar-refractivity contribution in [2.45, 2.75) is 18.4 Å². The van der Waals surface area contributed by atoms with Crippen molar-refractivity contribution in [1.82, 2.24) is 0 Å². The highest BCUT2D eigenvalue weighted by molar-refractivity contribution is 6.02. The molecule has 1 amide bonds. The minimum absolute atomic E-state index is 0.0270. The Morgan fingerprint density at radius 1 is 1.30 bits per heavy atom. The van der Waals surface area contributed by atoms with Gasteiger partial charge in [0.15, 0.2) is 0 Å². The number of carboxylic acid groups (broad SMARTS) is 2. The monoisotopic (exact) mass is 278 g/mol. The Hall–Kier alpha value is -2.41. The van der Waals surface area contributed by atoms with Crippen LogP contribution < -0.4 is 10.6 Å². The van der Waals surface area contributed by atoms with Gasteiger partial charge in [0.2, 0.25) is 5.91 Å². The van der Waals surface area contributed by atoms with E-state index < -0.39 is 36.2 Å². The molecule has 0 aromatic heterocycles. The summed E-state index contributed by atoms with van der Waals surface area (Å²) in [5.41, 5.74) is 6.57. The van der Waals surface area contributed by atoms with Crippen molar-refractivity contribution in [3.8, 4) is 0 Å². The minimum atomic E-state index is -1.19. The van der Waals surface area contributed by atoms with Gasteiger partial charge in [-0.1, -0.05) is 18.2 Å². The summed E-state index contributed by atoms with van der Waals surface area (Å²) in [5, 5.41) is 17.8. The van der Waals surface area contributed by atoms with Crippen LogP contribution in [0.2, 0.25) is 0 Å². The molecule has 0 radical (unpaired) electrons. The lowest BCUT2D eigenvalue weighted by atomic mass is 10.0. The van der Waals surface area contributed by atoms with Gasteiger partial charge in [-0.15, -0.1) is 0 Å². The number of carbonyl (C=O) groups excluding carboxylic acids is 1. The Labute approximate surface area is 114 Å². The number of nitrogens with two attached hydrogens (primary N) is 1. The molecule has 7 nitrogen and oxygen atoms in total. The van der Waals surface area contributed by atoms with Crippen molar-refractivity contribution in [3.05, 3.63) is 29.8 Å². The standard InChI is InChI=1S/C13H14N2O5/c14-9(5-11(16)17)12(18)15-6-8(13(19)20)7-3-1-2-4-10(7)15/h1-4,8-9H,5-6,14H2,(H,16,17)(H,19,20). The molecule has 1 aliphatic heterocycles. The molecule has 0 bridgehead atoms. The Bertz CT molecular complexity index is 572. The van der Waals surface area contributed by atoms with Gasteiger partial charge in [-0.05, 0) is 11.6 Å². The molecule has 0 saturated heterocycles. The molecule has 1 aliphatic rings. The largest absolute Gasteiger partial charge is 0.481 e. The van der Waals surface area contributed by atoms with E-state index >= 15 is 0 Å². The number of hydrogen-bond acceptors (Lipinski definition) is 4. The number of hydrogen-bond donors (Lipinski definition) is 3. The summed E-state index contributed by atoms with van der Waals surface area (Å²) >= 11 is 0. The number of nitrogens with zero attached hydrogens (tertiary/aromatic N) is 1. The maximum Gasteiger partial charge on any atom is 0.312 e. The van der Waals surface area contributed by atoms with Crippen LogP contribution in [0.15, 0.2) is 24.3 Å². The second-order valence-corrected chi connectivity index (χ2v) is 4.60. The van der Waals surface area contributed by atoms with Crippen LogP contribution in [0.1, 0.15) is 17.9 Å². The predicted molar refractivity (Wildman–Crippen MR) is 69.4 cm³/mol. The molecule has 7 heteroatoms. The summed E-state index contributed by atoms with van der Waals surface area (Å²) in [6.45, 7) is -0.0270. The lowest BCUT2D eigenvalue weighted by molar-refractivity contribution is -0.140. The third kappa shape index (κ3) is 2.48. The molecule has 20 heavy (non-hydrogen) atoms. The van der Waals surface area contributed by atoms with Gasteiger partial charge in [0.05, 0.1) is 12.5 Å². The van der Waals surface area contributed by atoms with Crippen LogP contribution in [0.4, 0.5) is 5.69 Å². The van der Waals surface area contributed by atoms with Crippen LogP contribution in [0.25, 0.3) is 0 Å². The van der Waals surface area contributed by atoms with E-state index in [-0.39, 0.29) is 6.54 Å². The lowest BCUT2D eigenvalue weighted by Gasteiger charge is -2.20. The van der Waals surface area contributed by atoms with Crippen molar-refractivity contribution in [2.24, 2.45) is 5.73 Å². The maximum atomic E-state index is 12.2. The van der Waals surface area contributed by atoms with Gasteiger partial charge in [-0.25, -0.2) is 0 Å². The normalized spacial score (nSPS) is 18.4. The van der Waals surface area contributed by atoms with Crippen molar-refractivity contribution < 1.29 is 24.6 Å². The third-order valence-corrected chi connectivity index (χ3v) is 3.24. The summed E-state index contributed by atoms with van der Waals surface area (Å²) in [6.07, 6.45) is -0.491. The van der Waals surface area contributed by atoms with Crippen molar-refractivity contribution in [1.29, 1.82) is 0 Å². The topological polar surface area (TPSA) is 121 Å². The van der Waals surface area contributed by atoms with Crippen LogP contribution in [0, 0.1) is 0 Å². The van der Waals surface area contributed by atoms with Crippen LogP contribution in [-0.2, 0) is 14.4 Å². The van der Waals surface area contributed by atoms with E-state index in [1.807, 2.05) is 0 Å². The summed E-state index contributed by atoms with van der Waals surface area (Å²) < 4.78 is 0. The molecule has 0 fully saturated rings. The average Bonchev–Trinajstić information content (AvgIpc) is 2.76. The van der Waals surface area contributed by atoms with E-state index in [9.17, 15) is 19.5 Å². The van der Waals surface area contributed by atoms with Gasteiger partial charge in [0.1, 0.15) is 5.92 Å². The number of anilines is 1. The number of rotatable bonds is 4. The van der Waals surface area contributed by atoms with Gasteiger partial charge in [0, 0.05) is 12.2 Å². The Morgan fingerprint density at radius 2 is 1.95 bits per heavy atom. The van der Waals surface area contributed by atoms with Gasteiger partial charge >= 0.3 is 11.9 Å². The molecule has 1 heterocycles. The van der Waals surface area contributed by atoms with Crippen LogP contribution in [0.3, 0.4) is 0 Å². The van der Waals surface area contributed by atoms with E-state index in [4.69, 9.17) is 10.8 Å². The molecule has 106 valence electrons. The molecule has 2 atom stereocenters. The second-order valence-electron chi connectivity index (χ2n) is 4.60. The fourth-order valence-electron chi connectivity index (χ4n) is 2.30. The van der Waals surface area contributed by atoms with Crippen molar-refractivity contribution in [3.63, 3.8) is 0 Å². The number of carboxylic acids is 2. The van der Waals surface area contributed by atoms with E-state index in [1.54, 1.807) is 24.3 Å². The molecule has 0 spiro atoms. The number of amides is 1. The molecule has 1 aromatic carbocycles. The Balaban J connectivity index is 2.29. The first-order chi connectivity index (χ1) is 9.41. The van der Waals surface area contributed by atoms with Crippen LogP contribution in [-0.4, -0.2) is 40.6 Å². The molecule has 0 saturated carbocycles. The van der Waals surface area contributed by atoms with Crippen molar-refractivity contribution >= 4 is 23.5 Å². The number of carbonyl (C=O) groups is 3. The SMILES string of the molecule is NC(CC(=O)O)C(=O)N1CC(C(=O)O)c2ccccc21. The van der Waals surface area contributed by atoms with E-state index in [0.717, 1.165) is 0 Å². The molecule has 0 aliphatic carbocycles. The van der Waals surface area contributed by atoms with Gasteiger partial charge in [-0.3, -0.25) is 14.4 Å². The smallest absolute Gasteiger partial charge is 0.312 e. The minimum Gasteiger partial charge on any atom is -0.481 e. The fraction of sp³-hybridized carbons (Fsp3) is 0.308. The highest BCUT2D eigenvalue weighted by Gasteiger charge is 2.38. The molecular formula is C13H14N2O5. The number of para-hydroxylation sites is 1. The Morgan fingerprint density at radius 3 is 2.55 bits per heavy atom. The lowest BCUT2D eigenvalue weighted by Crippen LogP contribution is -2.44. The number of benzene rings is 1. The number of fused-ring (bicyclic) bond motifs is 1. The van der Waals surface area contributed by atoms with E-state index in [2.05, 4.69) is 0 Å². The zero-order valence-corrected chi connectivity index (χ0v) is 10.5. The van der Waals surface area contributed by atoms with E-state index in [0.29, 0.717) is 11.3 Å². The molecule has 2 unspecified atom stereocenters. The molecular weight excluding hydrogens is 264 g/mol. The first kappa shape index (κ1) is 14.0. The fourth-order valence-corrected chi connectivity index (χ4v) is 2.30. The highest BCUT2D eigenvalue weighted by atomic mass is 16.4.